The summed E-state index contributed by atoms with van der Waals surface area (Å²) in [5, 5.41) is 18.1. The quantitative estimate of drug-likeness (QED) is 0.541. The maximum Gasteiger partial charge on any atom is 0.335 e. The van der Waals surface area contributed by atoms with Gasteiger partial charge in [0.25, 0.3) is 10.1 Å². The minimum Gasteiger partial charge on any atom is -0.478 e. The summed E-state index contributed by atoms with van der Waals surface area (Å²) in [6.07, 6.45) is 0. The smallest absolute Gasteiger partial charge is 0.335 e. The Morgan fingerprint density at radius 2 is 1.07 bits per heavy atom. The molecule has 29 heavy (non-hydrogen) atoms. The molecule has 0 aliphatic carbocycles. The first-order valence-corrected chi connectivity index (χ1v) is 9.81. The highest BCUT2D eigenvalue weighted by Gasteiger charge is 2.23. The third-order valence-corrected chi connectivity index (χ3v) is 5.33. The molecule has 0 aliphatic rings. The minimum atomic E-state index is -4.66. The van der Waals surface area contributed by atoms with Gasteiger partial charge in [-0.05, 0) is 60.0 Å². The van der Waals surface area contributed by atoms with Gasteiger partial charge >= 0.3 is 11.9 Å². The molecule has 0 unspecified atom stereocenters. The van der Waals surface area contributed by atoms with Gasteiger partial charge in [-0.15, -0.1) is 0 Å². The van der Waals surface area contributed by atoms with Gasteiger partial charge in [-0.1, -0.05) is 24.3 Å². The lowest BCUT2D eigenvalue weighted by Gasteiger charge is -2.15. The van der Waals surface area contributed by atoms with Crippen LogP contribution in [0.25, 0.3) is 22.3 Å². The Morgan fingerprint density at radius 3 is 1.34 bits per heavy atom. The van der Waals surface area contributed by atoms with Crippen molar-refractivity contribution in [1.82, 2.24) is 0 Å². The van der Waals surface area contributed by atoms with Crippen molar-refractivity contribution in [2.24, 2.45) is 0 Å². The van der Waals surface area contributed by atoms with Crippen molar-refractivity contribution in [2.45, 2.75) is 11.8 Å². The van der Waals surface area contributed by atoms with Crippen LogP contribution in [0.4, 0.5) is 0 Å². The molecule has 0 saturated carbocycles. The predicted molar refractivity (Wildman–Crippen MR) is 106 cm³/mol. The van der Waals surface area contributed by atoms with Gasteiger partial charge < -0.3 is 10.2 Å². The Morgan fingerprint density at radius 1 is 0.724 bits per heavy atom. The fourth-order valence-electron chi connectivity index (χ4n) is 3.06. The van der Waals surface area contributed by atoms with E-state index in [1.54, 1.807) is 19.1 Å². The predicted octanol–water partition coefficient (Wildman–Crippen LogP) is 3.97. The van der Waals surface area contributed by atoms with Crippen LogP contribution in [0.5, 0.6) is 0 Å². The van der Waals surface area contributed by atoms with E-state index in [0.29, 0.717) is 16.7 Å². The normalized spacial score (nSPS) is 11.2. The summed E-state index contributed by atoms with van der Waals surface area (Å²) in [5.41, 5.74) is 2.03. The Labute approximate surface area is 166 Å². The molecule has 0 amide bonds. The highest BCUT2D eigenvalue weighted by molar-refractivity contribution is 7.86. The first-order chi connectivity index (χ1) is 13.6. The van der Waals surface area contributed by atoms with Gasteiger partial charge in [-0.3, -0.25) is 4.55 Å². The number of aryl methyl sites for hydroxylation is 1. The lowest BCUT2D eigenvalue weighted by Crippen LogP contribution is -2.05. The minimum absolute atomic E-state index is 0.0410. The number of aromatic carboxylic acids is 2. The second-order valence-corrected chi connectivity index (χ2v) is 7.79. The van der Waals surface area contributed by atoms with E-state index in [9.17, 15) is 22.6 Å². The zero-order chi connectivity index (χ0) is 21.3. The molecule has 0 radical (unpaired) electrons. The van der Waals surface area contributed by atoms with Crippen LogP contribution >= 0.6 is 0 Å². The van der Waals surface area contributed by atoms with E-state index < -0.39 is 22.1 Å². The zero-order valence-electron chi connectivity index (χ0n) is 15.2. The Balaban J connectivity index is 2.27. The monoisotopic (exact) mass is 412 g/mol. The number of rotatable bonds is 5. The Kier molecular flexibility index (Phi) is 5.23. The summed E-state index contributed by atoms with van der Waals surface area (Å²) in [5.74, 6) is -2.23. The standard InChI is InChI=1S/C21H16O7S/c1-12-10-17(13-2-6-15(7-3-13)20(22)23)19(29(26,27)28)18(11-12)14-4-8-16(9-5-14)21(24)25/h2-11H,1H3,(H,22,23)(H,24,25)(H,26,27,28). The molecule has 3 rings (SSSR count). The van der Waals surface area contributed by atoms with Crippen molar-refractivity contribution in [3.8, 4) is 22.3 Å². The number of carboxylic acids is 2. The van der Waals surface area contributed by atoms with Gasteiger partial charge in [0.1, 0.15) is 4.90 Å². The molecule has 7 nitrogen and oxygen atoms in total. The van der Waals surface area contributed by atoms with Crippen molar-refractivity contribution < 1.29 is 32.8 Å². The number of carbonyl (C=O) groups is 2. The van der Waals surface area contributed by atoms with Crippen LogP contribution in [0.15, 0.2) is 65.6 Å². The molecular formula is C21H16O7S. The van der Waals surface area contributed by atoms with Gasteiger partial charge in [0.2, 0.25) is 0 Å². The van der Waals surface area contributed by atoms with Crippen LogP contribution in [0.3, 0.4) is 0 Å². The molecule has 0 bridgehead atoms. The lowest BCUT2D eigenvalue weighted by molar-refractivity contribution is 0.0686. The average Bonchev–Trinajstić information content (AvgIpc) is 2.66. The van der Waals surface area contributed by atoms with Crippen molar-refractivity contribution >= 4 is 22.1 Å². The second-order valence-electron chi connectivity index (χ2n) is 6.43. The molecule has 0 heterocycles. The van der Waals surface area contributed by atoms with Crippen molar-refractivity contribution in [3.05, 3.63) is 77.4 Å². The summed E-state index contributed by atoms with van der Waals surface area (Å²) >= 11 is 0. The zero-order valence-corrected chi connectivity index (χ0v) is 16.0. The SMILES string of the molecule is Cc1cc(-c2ccc(C(=O)O)cc2)c(S(=O)(=O)O)c(-c2ccc(C(=O)O)cc2)c1. The van der Waals surface area contributed by atoms with E-state index in [2.05, 4.69) is 0 Å². The molecule has 0 atom stereocenters. The van der Waals surface area contributed by atoms with Crippen molar-refractivity contribution in [3.63, 3.8) is 0 Å². The van der Waals surface area contributed by atoms with Crippen LogP contribution in [0.1, 0.15) is 26.3 Å². The summed E-state index contributed by atoms with van der Waals surface area (Å²) in [7, 11) is -4.66. The van der Waals surface area contributed by atoms with E-state index >= 15 is 0 Å². The lowest BCUT2D eigenvalue weighted by atomic mass is 9.95. The molecule has 0 saturated heterocycles. The summed E-state index contributed by atoms with van der Waals surface area (Å²) in [6, 6.07) is 14.4. The summed E-state index contributed by atoms with van der Waals surface area (Å²) in [4.78, 5) is 21.8. The molecule has 3 aromatic rings. The van der Waals surface area contributed by atoms with E-state index in [0.717, 1.165) is 0 Å². The Bertz CT molecular complexity index is 1130. The molecule has 0 aliphatic heterocycles. The van der Waals surface area contributed by atoms with Crippen LogP contribution in [0.2, 0.25) is 0 Å². The van der Waals surface area contributed by atoms with Gasteiger partial charge in [0, 0.05) is 11.1 Å². The van der Waals surface area contributed by atoms with Crippen molar-refractivity contribution in [1.29, 1.82) is 0 Å². The number of hydrogen-bond acceptors (Lipinski definition) is 4. The summed E-state index contributed by atoms with van der Waals surface area (Å²) in [6.45, 7) is 1.75. The highest BCUT2D eigenvalue weighted by Crippen LogP contribution is 2.37. The second kappa shape index (κ2) is 7.50. The van der Waals surface area contributed by atoms with Crippen LogP contribution in [-0.4, -0.2) is 35.1 Å². The van der Waals surface area contributed by atoms with Crippen LogP contribution < -0.4 is 0 Å². The van der Waals surface area contributed by atoms with Crippen LogP contribution in [-0.2, 0) is 10.1 Å². The molecule has 3 N–H and O–H groups in total. The average molecular weight is 412 g/mol. The maximum atomic E-state index is 12.3. The molecular weight excluding hydrogens is 396 g/mol. The van der Waals surface area contributed by atoms with Crippen LogP contribution in [0, 0.1) is 6.92 Å². The molecule has 3 aromatic carbocycles. The molecule has 0 spiro atoms. The van der Waals surface area contributed by atoms with Gasteiger partial charge in [-0.2, -0.15) is 8.42 Å². The van der Waals surface area contributed by atoms with E-state index in [-0.39, 0.29) is 27.1 Å². The van der Waals surface area contributed by atoms with E-state index in [4.69, 9.17) is 10.2 Å². The first-order valence-electron chi connectivity index (χ1n) is 8.37. The maximum absolute atomic E-state index is 12.3. The van der Waals surface area contributed by atoms with Gasteiger partial charge in [0.05, 0.1) is 11.1 Å². The molecule has 148 valence electrons. The number of benzene rings is 3. The topological polar surface area (TPSA) is 129 Å². The third-order valence-electron chi connectivity index (χ3n) is 4.38. The van der Waals surface area contributed by atoms with Gasteiger partial charge in [-0.25, -0.2) is 9.59 Å². The highest BCUT2D eigenvalue weighted by atomic mass is 32.2. The molecule has 0 fully saturated rings. The third kappa shape index (κ3) is 4.18. The Hall–Kier alpha value is -3.49. The largest absolute Gasteiger partial charge is 0.478 e. The van der Waals surface area contributed by atoms with Crippen molar-refractivity contribution in [2.75, 3.05) is 0 Å². The molecule has 0 aromatic heterocycles. The van der Waals surface area contributed by atoms with E-state index in [1.807, 2.05) is 0 Å². The fourth-order valence-corrected chi connectivity index (χ4v) is 3.97. The van der Waals surface area contributed by atoms with Gasteiger partial charge in [0.15, 0.2) is 0 Å². The fraction of sp³-hybridized carbons (Fsp3) is 0.0476. The first kappa shape index (κ1) is 20.2. The number of hydrogen-bond donors (Lipinski definition) is 3. The molecule has 8 heteroatoms. The van der Waals surface area contributed by atoms with E-state index in [1.165, 1.54) is 48.5 Å². The number of carboxylic acid groups (broad SMARTS) is 2. The summed E-state index contributed by atoms with van der Waals surface area (Å²) < 4.78 is 34.4.